The lowest BCUT2D eigenvalue weighted by atomic mass is 10.1. The first kappa shape index (κ1) is 10.1. The van der Waals surface area contributed by atoms with Gasteiger partial charge in [-0.05, 0) is 38.1 Å². The van der Waals surface area contributed by atoms with Gasteiger partial charge in [-0.3, -0.25) is 0 Å². The Kier molecular flexibility index (Phi) is 2.30. The van der Waals surface area contributed by atoms with Crippen LogP contribution in [0.5, 0.6) is 0 Å². The van der Waals surface area contributed by atoms with Gasteiger partial charge in [-0.15, -0.1) is 0 Å². The minimum atomic E-state index is -3.00. The van der Waals surface area contributed by atoms with Crippen LogP contribution in [0.2, 0.25) is 0 Å². The van der Waals surface area contributed by atoms with E-state index in [-0.39, 0.29) is 5.25 Å². The first-order chi connectivity index (χ1) is 7.18. The first-order valence-electron chi connectivity index (χ1n) is 5.89. The van der Waals surface area contributed by atoms with Crippen LogP contribution in [0, 0.1) is 5.92 Å². The van der Waals surface area contributed by atoms with Crippen LogP contribution in [0.4, 0.5) is 0 Å². The van der Waals surface area contributed by atoms with Gasteiger partial charge in [0, 0.05) is 19.1 Å². The molecule has 2 saturated heterocycles. The lowest BCUT2D eigenvalue weighted by molar-refractivity contribution is 0.330. The van der Waals surface area contributed by atoms with Crippen molar-refractivity contribution in [2.24, 2.45) is 5.92 Å². The van der Waals surface area contributed by atoms with E-state index in [2.05, 4.69) is 5.32 Å². The maximum Gasteiger partial charge on any atom is 0.218 e. The highest BCUT2D eigenvalue weighted by atomic mass is 32.2. The van der Waals surface area contributed by atoms with E-state index >= 15 is 0 Å². The van der Waals surface area contributed by atoms with Gasteiger partial charge in [0.25, 0.3) is 0 Å². The van der Waals surface area contributed by atoms with Crippen LogP contribution < -0.4 is 5.32 Å². The summed E-state index contributed by atoms with van der Waals surface area (Å²) >= 11 is 0. The summed E-state index contributed by atoms with van der Waals surface area (Å²) in [5, 5.41) is 2.98. The Balaban J connectivity index is 1.81. The number of piperidine rings is 1. The topological polar surface area (TPSA) is 49.4 Å². The number of nitrogens with one attached hydrogen (secondary N) is 1. The zero-order valence-electron chi connectivity index (χ0n) is 8.85. The van der Waals surface area contributed by atoms with Gasteiger partial charge in [-0.2, -0.15) is 4.31 Å². The van der Waals surface area contributed by atoms with Crippen molar-refractivity contribution in [3.63, 3.8) is 0 Å². The summed E-state index contributed by atoms with van der Waals surface area (Å²) in [5.41, 5.74) is 0. The van der Waals surface area contributed by atoms with Gasteiger partial charge in [0.2, 0.25) is 10.0 Å². The molecule has 15 heavy (non-hydrogen) atoms. The fourth-order valence-corrected chi connectivity index (χ4v) is 5.42. The Labute approximate surface area is 91.1 Å². The van der Waals surface area contributed by atoms with Gasteiger partial charge in [0.15, 0.2) is 0 Å². The van der Waals surface area contributed by atoms with Crippen molar-refractivity contribution in [3.8, 4) is 0 Å². The van der Waals surface area contributed by atoms with Gasteiger partial charge in [0.1, 0.15) is 0 Å². The molecule has 4 nitrogen and oxygen atoms in total. The maximum absolute atomic E-state index is 12.3. The Hall–Kier alpha value is -0.130. The highest BCUT2D eigenvalue weighted by molar-refractivity contribution is 7.89. The molecule has 3 fully saturated rings. The molecule has 86 valence electrons. The van der Waals surface area contributed by atoms with Gasteiger partial charge in [0.05, 0.1) is 5.25 Å². The van der Waals surface area contributed by atoms with E-state index in [1.165, 1.54) is 6.42 Å². The van der Waals surface area contributed by atoms with Crippen molar-refractivity contribution in [2.75, 3.05) is 19.6 Å². The molecule has 3 atom stereocenters. The van der Waals surface area contributed by atoms with Crippen LogP contribution in [0.15, 0.2) is 0 Å². The monoisotopic (exact) mass is 230 g/mol. The van der Waals surface area contributed by atoms with Gasteiger partial charge < -0.3 is 5.32 Å². The van der Waals surface area contributed by atoms with E-state index in [4.69, 9.17) is 0 Å². The highest BCUT2D eigenvalue weighted by Gasteiger charge is 2.46. The summed E-state index contributed by atoms with van der Waals surface area (Å²) in [7, 11) is -3.00. The van der Waals surface area contributed by atoms with E-state index in [1.807, 2.05) is 0 Å². The summed E-state index contributed by atoms with van der Waals surface area (Å²) in [5.74, 6) is 0.652. The number of sulfonamides is 1. The highest BCUT2D eigenvalue weighted by Crippen LogP contribution is 2.40. The number of nitrogens with zero attached hydrogens (tertiary/aromatic N) is 1. The Morgan fingerprint density at radius 3 is 2.60 bits per heavy atom. The number of hydrogen-bond acceptors (Lipinski definition) is 3. The molecule has 0 amide bonds. The largest absolute Gasteiger partial charge is 0.315 e. The summed E-state index contributed by atoms with van der Waals surface area (Å²) in [6.07, 6.45) is 4.22. The molecular formula is C10H18N2O2S. The third-order valence-corrected chi connectivity index (χ3v) is 6.47. The van der Waals surface area contributed by atoms with Crippen LogP contribution in [0.25, 0.3) is 0 Å². The minimum Gasteiger partial charge on any atom is -0.315 e. The average Bonchev–Trinajstić information content (AvgIpc) is 2.94. The molecule has 5 heteroatoms. The Bertz CT molecular complexity index is 348. The summed E-state index contributed by atoms with van der Waals surface area (Å²) in [6.45, 7) is 2.30. The van der Waals surface area contributed by atoms with E-state index < -0.39 is 10.0 Å². The first-order valence-corrected chi connectivity index (χ1v) is 7.39. The molecule has 0 spiro atoms. The second-order valence-electron chi connectivity index (χ2n) is 5.06. The predicted octanol–water partition coefficient (Wildman–Crippen LogP) is 0.162. The molecule has 0 aromatic heterocycles. The molecular weight excluding hydrogens is 212 g/mol. The predicted molar refractivity (Wildman–Crippen MR) is 58.0 cm³/mol. The van der Waals surface area contributed by atoms with Crippen LogP contribution in [-0.4, -0.2) is 43.6 Å². The molecule has 2 heterocycles. The smallest absolute Gasteiger partial charge is 0.218 e. The minimum absolute atomic E-state index is 0.156. The quantitative estimate of drug-likeness (QED) is 0.735. The van der Waals surface area contributed by atoms with E-state index in [0.29, 0.717) is 18.5 Å². The molecule has 1 aliphatic carbocycles. The summed E-state index contributed by atoms with van der Waals surface area (Å²) in [6, 6.07) is 0.334. The molecule has 3 aliphatic rings. The molecule has 2 bridgehead atoms. The third-order valence-electron chi connectivity index (χ3n) is 4.12. The fraction of sp³-hybridized carbons (Fsp3) is 1.00. The van der Waals surface area contributed by atoms with Crippen molar-refractivity contribution in [2.45, 2.75) is 37.0 Å². The van der Waals surface area contributed by atoms with E-state index in [0.717, 1.165) is 32.4 Å². The normalized spacial score (nSPS) is 41.5. The third kappa shape index (κ3) is 1.52. The molecule has 1 N–H and O–H groups in total. The lowest BCUT2D eigenvalue weighted by Gasteiger charge is -2.28. The van der Waals surface area contributed by atoms with Crippen molar-refractivity contribution >= 4 is 10.0 Å². The molecule has 0 aromatic carbocycles. The van der Waals surface area contributed by atoms with Crippen LogP contribution in [0.3, 0.4) is 0 Å². The van der Waals surface area contributed by atoms with Crippen LogP contribution >= 0.6 is 0 Å². The Morgan fingerprint density at radius 2 is 2.07 bits per heavy atom. The molecule has 3 unspecified atom stereocenters. The van der Waals surface area contributed by atoms with Crippen molar-refractivity contribution in [1.82, 2.24) is 9.62 Å². The van der Waals surface area contributed by atoms with Gasteiger partial charge in [-0.1, -0.05) is 0 Å². The second kappa shape index (κ2) is 3.43. The van der Waals surface area contributed by atoms with Crippen molar-refractivity contribution in [3.05, 3.63) is 0 Å². The number of fused-ring (bicyclic) bond motifs is 2. The summed E-state index contributed by atoms with van der Waals surface area (Å²) in [4.78, 5) is 0. The zero-order valence-corrected chi connectivity index (χ0v) is 9.67. The van der Waals surface area contributed by atoms with E-state index in [1.54, 1.807) is 4.31 Å². The van der Waals surface area contributed by atoms with Crippen LogP contribution in [-0.2, 0) is 10.0 Å². The second-order valence-corrected chi connectivity index (χ2v) is 7.23. The number of hydrogen-bond donors (Lipinski definition) is 1. The van der Waals surface area contributed by atoms with Crippen molar-refractivity contribution in [1.29, 1.82) is 0 Å². The maximum atomic E-state index is 12.3. The SMILES string of the molecule is O=S(=O)(C1CCNC1)N1CC2CCC1C2. The summed E-state index contributed by atoms with van der Waals surface area (Å²) < 4.78 is 26.4. The van der Waals surface area contributed by atoms with Crippen LogP contribution in [0.1, 0.15) is 25.7 Å². The average molecular weight is 230 g/mol. The molecule has 0 aromatic rings. The molecule has 2 aliphatic heterocycles. The van der Waals surface area contributed by atoms with Gasteiger partial charge in [-0.25, -0.2) is 8.42 Å². The molecule has 3 rings (SSSR count). The standard InChI is InChI=1S/C10H18N2O2S/c13-15(14,10-3-4-11-6-10)12-7-8-1-2-9(12)5-8/h8-11H,1-7H2. The van der Waals surface area contributed by atoms with Crippen molar-refractivity contribution < 1.29 is 8.42 Å². The Morgan fingerprint density at radius 1 is 1.20 bits per heavy atom. The molecule has 1 saturated carbocycles. The van der Waals surface area contributed by atoms with Gasteiger partial charge >= 0.3 is 0 Å². The lowest BCUT2D eigenvalue weighted by Crippen LogP contribution is -2.43. The van der Waals surface area contributed by atoms with E-state index in [9.17, 15) is 8.42 Å². The zero-order chi connectivity index (χ0) is 10.5. The molecule has 0 radical (unpaired) electrons. The number of rotatable bonds is 2. The fourth-order valence-electron chi connectivity index (χ4n) is 3.27.